The average Bonchev–Trinajstić information content (AvgIpc) is 3.14. The van der Waals surface area contributed by atoms with Crippen LogP contribution in [0, 0.1) is 83.1 Å². The molecule has 2 heteroatoms. The van der Waals surface area contributed by atoms with Crippen LogP contribution >= 0.6 is 0 Å². The Hall–Kier alpha value is -5.60. The van der Waals surface area contributed by atoms with Gasteiger partial charge in [-0.15, -0.1) is 0 Å². The summed E-state index contributed by atoms with van der Waals surface area (Å²) in [6.07, 6.45) is 0. The first kappa shape index (κ1) is 35.4. The van der Waals surface area contributed by atoms with Crippen molar-refractivity contribution >= 4 is 66.4 Å². The van der Waals surface area contributed by atoms with E-state index in [1.54, 1.807) is 0 Å². The maximum absolute atomic E-state index is 2.49. The van der Waals surface area contributed by atoms with Crippen LogP contribution in [0.2, 0.25) is 0 Å². The minimum absolute atomic E-state index is 1.19. The summed E-state index contributed by atoms with van der Waals surface area (Å²) in [5, 5.41) is 7.64. The SMILES string of the molecule is Cc1cc(N(c2cc(C)c(C)c(C)c2)c2ccc3ccc4c(N(c5cc(C)c(C)c(C)c5)c5cc(C)c(C)c(C)c5)ccc5ccc2c3c54)cc(C)c1C. The van der Waals surface area contributed by atoms with Gasteiger partial charge in [0.25, 0.3) is 0 Å². The Balaban J connectivity index is 1.44. The topological polar surface area (TPSA) is 6.48 Å². The minimum Gasteiger partial charge on any atom is -0.310 e. The zero-order valence-corrected chi connectivity index (χ0v) is 34.1. The molecule has 0 aliphatic carbocycles. The van der Waals surface area contributed by atoms with Crippen LogP contribution in [0.25, 0.3) is 32.3 Å². The van der Waals surface area contributed by atoms with Crippen molar-refractivity contribution in [3.63, 3.8) is 0 Å². The van der Waals surface area contributed by atoms with Crippen molar-refractivity contribution in [2.75, 3.05) is 9.80 Å². The third kappa shape index (κ3) is 5.62. The first-order valence-electron chi connectivity index (χ1n) is 19.4. The van der Waals surface area contributed by atoms with Crippen LogP contribution < -0.4 is 9.80 Å². The molecule has 0 amide bonds. The molecule has 0 fully saturated rings. The van der Waals surface area contributed by atoms with Crippen molar-refractivity contribution in [2.24, 2.45) is 0 Å². The fourth-order valence-electron chi connectivity index (χ4n) is 8.58. The van der Waals surface area contributed by atoms with Gasteiger partial charge >= 0.3 is 0 Å². The lowest BCUT2D eigenvalue weighted by molar-refractivity contribution is 1.19. The molecule has 8 rings (SSSR count). The van der Waals surface area contributed by atoms with Crippen LogP contribution in [0.3, 0.4) is 0 Å². The largest absolute Gasteiger partial charge is 0.310 e. The number of hydrogen-bond donors (Lipinski definition) is 0. The standard InChI is InChI=1S/C52H52N2/c1-29-21-43(22-30(2)37(29)9)53(44-23-31(3)38(10)32(4)24-44)49-19-15-41-14-18-48-50(20-16-42-13-17-47(49)51(41)52(42)48)54(45-25-33(5)39(11)34(6)26-45)46-27-35(7)40(12)36(8)28-46/h13-28H,1-12H3. The molecule has 54 heavy (non-hydrogen) atoms. The quantitative estimate of drug-likeness (QED) is 0.159. The molecule has 0 aliphatic rings. The van der Waals surface area contributed by atoms with Gasteiger partial charge in [-0.2, -0.15) is 0 Å². The van der Waals surface area contributed by atoms with Crippen molar-refractivity contribution in [2.45, 2.75) is 83.1 Å². The summed E-state index contributed by atoms with van der Waals surface area (Å²) in [7, 11) is 0. The third-order valence-electron chi connectivity index (χ3n) is 12.8. The Morgan fingerprint density at radius 2 is 0.500 bits per heavy atom. The monoisotopic (exact) mass is 704 g/mol. The zero-order valence-electron chi connectivity index (χ0n) is 34.1. The van der Waals surface area contributed by atoms with E-state index < -0.39 is 0 Å². The first-order valence-corrected chi connectivity index (χ1v) is 19.4. The van der Waals surface area contributed by atoms with Gasteiger partial charge in [0, 0.05) is 33.5 Å². The summed E-state index contributed by atoms with van der Waals surface area (Å²) < 4.78 is 0. The maximum atomic E-state index is 2.49. The second-order valence-corrected chi connectivity index (χ2v) is 16.1. The van der Waals surface area contributed by atoms with Crippen LogP contribution in [0.15, 0.2) is 97.1 Å². The number of anilines is 6. The highest BCUT2D eigenvalue weighted by atomic mass is 15.2. The maximum Gasteiger partial charge on any atom is 0.0540 e. The summed E-state index contributed by atoms with van der Waals surface area (Å²) >= 11 is 0. The first-order chi connectivity index (χ1) is 25.7. The van der Waals surface area contributed by atoms with Gasteiger partial charge < -0.3 is 9.80 Å². The van der Waals surface area contributed by atoms with Crippen LogP contribution in [0.5, 0.6) is 0 Å². The molecular formula is C52H52N2. The Morgan fingerprint density at radius 3 is 0.741 bits per heavy atom. The fourth-order valence-corrected chi connectivity index (χ4v) is 8.58. The van der Waals surface area contributed by atoms with Gasteiger partial charge in [-0.3, -0.25) is 0 Å². The highest BCUT2D eigenvalue weighted by Crippen LogP contribution is 2.48. The lowest BCUT2D eigenvalue weighted by Crippen LogP contribution is -2.13. The van der Waals surface area contributed by atoms with Gasteiger partial charge in [-0.05, 0) is 232 Å². The number of nitrogens with zero attached hydrogens (tertiary/aromatic N) is 2. The molecule has 0 saturated heterocycles. The van der Waals surface area contributed by atoms with Gasteiger partial charge in [0.05, 0.1) is 11.4 Å². The normalized spacial score (nSPS) is 11.7. The molecular weight excluding hydrogens is 653 g/mol. The van der Waals surface area contributed by atoms with Crippen LogP contribution in [-0.4, -0.2) is 0 Å². The van der Waals surface area contributed by atoms with Crippen molar-refractivity contribution in [3.8, 4) is 0 Å². The highest BCUT2D eigenvalue weighted by molar-refractivity contribution is 6.28. The van der Waals surface area contributed by atoms with E-state index in [0.29, 0.717) is 0 Å². The molecule has 0 spiro atoms. The second kappa shape index (κ2) is 13.1. The van der Waals surface area contributed by atoms with Crippen molar-refractivity contribution in [1.29, 1.82) is 0 Å². The van der Waals surface area contributed by atoms with E-state index in [1.165, 1.54) is 133 Å². The number of aryl methyl sites for hydroxylation is 8. The lowest BCUT2D eigenvalue weighted by Gasteiger charge is -2.31. The summed E-state index contributed by atoms with van der Waals surface area (Å²) in [5.74, 6) is 0. The highest BCUT2D eigenvalue weighted by Gasteiger charge is 2.23. The van der Waals surface area contributed by atoms with Gasteiger partial charge in [-0.25, -0.2) is 0 Å². The molecule has 0 heterocycles. The predicted octanol–water partition coefficient (Wildman–Crippen LogP) is 15.2. The molecule has 0 unspecified atom stereocenters. The average molecular weight is 705 g/mol. The molecule has 2 nitrogen and oxygen atoms in total. The third-order valence-corrected chi connectivity index (χ3v) is 12.8. The van der Waals surface area contributed by atoms with Gasteiger partial charge in [0.2, 0.25) is 0 Å². The molecule has 0 saturated carbocycles. The summed E-state index contributed by atoms with van der Waals surface area (Å²) in [4.78, 5) is 4.99. The van der Waals surface area contributed by atoms with Crippen LogP contribution in [-0.2, 0) is 0 Å². The Morgan fingerprint density at radius 1 is 0.278 bits per heavy atom. The van der Waals surface area contributed by atoms with Crippen LogP contribution in [0.1, 0.15) is 66.8 Å². The van der Waals surface area contributed by atoms with E-state index in [-0.39, 0.29) is 0 Å². The zero-order chi connectivity index (χ0) is 38.3. The molecule has 0 radical (unpaired) electrons. The van der Waals surface area contributed by atoms with Crippen molar-refractivity contribution in [1.82, 2.24) is 0 Å². The summed E-state index contributed by atoms with van der Waals surface area (Å²) in [5.41, 5.74) is 23.0. The van der Waals surface area contributed by atoms with E-state index >= 15 is 0 Å². The van der Waals surface area contributed by atoms with E-state index in [4.69, 9.17) is 0 Å². The van der Waals surface area contributed by atoms with Gasteiger partial charge in [-0.1, -0.05) is 36.4 Å². The number of hydrogen-bond acceptors (Lipinski definition) is 2. The number of benzene rings is 8. The lowest BCUT2D eigenvalue weighted by atomic mass is 9.91. The molecule has 0 atom stereocenters. The molecule has 8 aromatic carbocycles. The fraction of sp³-hybridized carbons (Fsp3) is 0.231. The van der Waals surface area contributed by atoms with E-state index in [2.05, 4.69) is 190 Å². The summed E-state index contributed by atoms with van der Waals surface area (Å²) in [6, 6.07) is 37.6. The molecule has 0 aromatic heterocycles. The van der Waals surface area contributed by atoms with Crippen molar-refractivity contribution < 1.29 is 0 Å². The Kier molecular flexibility index (Phi) is 8.57. The minimum atomic E-state index is 1.19. The number of rotatable bonds is 6. The second-order valence-electron chi connectivity index (χ2n) is 16.1. The molecule has 0 aliphatic heterocycles. The van der Waals surface area contributed by atoms with E-state index in [1.807, 2.05) is 0 Å². The van der Waals surface area contributed by atoms with Crippen molar-refractivity contribution in [3.05, 3.63) is 164 Å². The van der Waals surface area contributed by atoms with Gasteiger partial charge in [0.1, 0.15) is 0 Å². The Labute approximate surface area is 322 Å². The molecule has 0 bridgehead atoms. The molecule has 270 valence electrons. The summed E-state index contributed by atoms with van der Waals surface area (Å²) in [6.45, 7) is 26.8. The van der Waals surface area contributed by atoms with E-state index in [9.17, 15) is 0 Å². The van der Waals surface area contributed by atoms with E-state index in [0.717, 1.165) is 0 Å². The Bertz CT molecular complexity index is 2400. The van der Waals surface area contributed by atoms with Crippen LogP contribution in [0.4, 0.5) is 34.1 Å². The molecule has 8 aromatic rings. The smallest absolute Gasteiger partial charge is 0.0540 e. The van der Waals surface area contributed by atoms with Gasteiger partial charge in [0.15, 0.2) is 0 Å². The predicted molar refractivity (Wildman–Crippen MR) is 236 cm³/mol. The molecule has 0 N–H and O–H groups in total.